The molecule has 0 spiro atoms. The van der Waals surface area contributed by atoms with E-state index in [1.165, 1.54) is 11.3 Å². The molecular weight excluding hydrogens is 384 g/mol. The number of rotatable bonds is 7. The number of nitrogens with zero attached hydrogens (tertiary/aromatic N) is 2. The number of anilines is 1. The molecule has 0 saturated heterocycles. The first kappa shape index (κ1) is 20.7. The number of hydrogen-bond acceptors (Lipinski definition) is 5. The molecule has 1 heterocycles. The minimum Gasteiger partial charge on any atom is -0.346 e. The van der Waals surface area contributed by atoms with E-state index < -0.39 is 0 Å². The summed E-state index contributed by atoms with van der Waals surface area (Å²) >= 11 is 1.29. The molecule has 0 fully saturated rings. The van der Waals surface area contributed by atoms with Gasteiger partial charge in [0.2, 0.25) is 5.01 Å². The average molecular weight is 409 g/mol. The lowest BCUT2D eigenvalue weighted by Crippen LogP contribution is -2.26. The summed E-state index contributed by atoms with van der Waals surface area (Å²) in [6, 6.07) is 16.5. The zero-order chi connectivity index (χ0) is 20.8. The lowest BCUT2D eigenvalue weighted by atomic mass is 10.1. The zero-order valence-electron chi connectivity index (χ0n) is 16.7. The molecule has 3 aromatic rings. The van der Waals surface area contributed by atoms with Crippen LogP contribution >= 0.6 is 11.3 Å². The van der Waals surface area contributed by atoms with Gasteiger partial charge in [0, 0.05) is 17.7 Å². The van der Waals surface area contributed by atoms with E-state index in [2.05, 4.69) is 34.7 Å². The maximum Gasteiger partial charge on any atom is 0.286 e. The molecule has 2 aromatic carbocycles. The van der Waals surface area contributed by atoms with Crippen LogP contribution in [0.3, 0.4) is 0 Å². The summed E-state index contributed by atoms with van der Waals surface area (Å²) in [5.74, 6) is -0.0763. The second-order valence-electron chi connectivity index (χ2n) is 7.24. The number of nitrogens with one attached hydrogen (secondary N) is 2. The molecule has 0 radical (unpaired) electrons. The molecule has 0 aliphatic heterocycles. The summed E-state index contributed by atoms with van der Waals surface area (Å²) in [6.45, 7) is 6.12. The molecule has 0 aliphatic rings. The van der Waals surface area contributed by atoms with Crippen molar-refractivity contribution in [2.75, 3.05) is 5.32 Å². The van der Waals surface area contributed by atoms with Crippen LogP contribution in [0.2, 0.25) is 0 Å². The topological polar surface area (TPSA) is 84.0 Å². The van der Waals surface area contributed by atoms with Gasteiger partial charge in [0.05, 0.1) is 6.04 Å². The summed E-state index contributed by atoms with van der Waals surface area (Å²) in [7, 11) is 0. The van der Waals surface area contributed by atoms with Crippen molar-refractivity contribution in [1.82, 2.24) is 15.5 Å². The highest BCUT2D eigenvalue weighted by atomic mass is 32.1. The highest BCUT2D eigenvalue weighted by Crippen LogP contribution is 2.18. The first-order chi connectivity index (χ1) is 13.9. The van der Waals surface area contributed by atoms with E-state index in [1.54, 1.807) is 24.3 Å². The van der Waals surface area contributed by atoms with Crippen LogP contribution in [0.5, 0.6) is 0 Å². The average Bonchev–Trinajstić information content (AvgIpc) is 3.16. The molecule has 29 heavy (non-hydrogen) atoms. The Morgan fingerprint density at radius 2 is 1.72 bits per heavy atom. The monoisotopic (exact) mass is 408 g/mol. The largest absolute Gasteiger partial charge is 0.346 e. The molecule has 150 valence electrons. The minimum absolute atomic E-state index is 0.122. The number of carbonyl (C=O) groups is 2. The van der Waals surface area contributed by atoms with E-state index in [4.69, 9.17) is 0 Å². The maximum absolute atomic E-state index is 12.6. The first-order valence-electron chi connectivity index (χ1n) is 9.52. The molecule has 6 nitrogen and oxygen atoms in total. The molecule has 0 aliphatic carbocycles. The molecule has 1 atom stereocenters. The summed E-state index contributed by atoms with van der Waals surface area (Å²) < 4.78 is 0. The van der Waals surface area contributed by atoms with Gasteiger partial charge in [0.15, 0.2) is 0 Å². The highest BCUT2D eigenvalue weighted by Gasteiger charge is 2.15. The Hall–Kier alpha value is -3.06. The second kappa shape index (κ2) is 9.43. The molecule has 2 N–H and O–H groups in total. The fourth-order valence-electron chi connectivity index (χ4n) is 2.80. The van der Waals surface area contributed by atoms with Gasteiger partial charge < -0.3 is 10.6 Å². The normalized spacial score (nSPS) is 11.9. The van der Waals surface area contributed by atoms with Gasteiger partial charge in [-0.3, -0.25) is 9.59 Å². The minimum atomic E-state index is -0.326. The van der Waals surface area contributed by atoms with Gasteiger partial charge in [0.1, 0.15) is 5.01 Å². The lowest BCUT2D eigenvalue weighted by Gasteiger charge is -2.14. The Morgan fingerprint density at radius 3 is 2.45 bits per heavy atom. The zero-order valence-corrected chi connectivity index (χ0v) is 17.5. The molecule has 0 bridgehead atoms. The third-order valence-electron chi connectivity index (χ3n) is 4.27. The number of aromatic nitrogens is 2. The maximum atomic E-state index is 12.6. The fraction of sp³-hybridized carbons (Fsp3) is 0.273. The molecule has 2 amide bonds. The van der Waals surface area contributed by atoms with Crippen molar-refractivity contribution in [2.24, 2.45) is 5.92 Å². The van der Waals surface area contributed by atoms with E-state index in [9.17, 15) is 9.59 Å². The Balaban J connectivity index is 1.65. The third-order valence-corrected chi connectivity index (χ3v) is 5.22. The van der Waals surface area contributed by atoms with Gasteiger partial charge in [0.25, 0.3) is 11.8 Å². The summed E-state index contributed by atoms with van der Waals surface area (Å²) in [4.78, 5) is 25.1. The van der Waals surface area contributed by atoms with Gasteiger partial charge in [-0.05, 0) is 36.6 Å². The van der Waals surface area contributed by atoms with Crippen LogP contribution in [0, 0.1) is 5.92 Å². The summed E-state index contributed by atoms with van der Waals surface area (Å²) in [5, 5.41) is 15.0. The Kier molecular flexibility index (Phi) is 6.72. The molecule has 0 unspecified atom stereocenters. The van der Waals surface area contributed by atoms with Crippen LogP contribution in [-0.2, 0) is 6.42 Å². The predicted molar refractivity (Wildman–Crippen MR) is 115 cm³/mol. The van der Waals surface area contributed by atoms with Gasteiger partial charge in [-0.15, -0.1) is 10.2 Å². The Bertz CT molecular complexity index is 985. The SMILES string of the molecule is CC(C)Cc1nnc(C(=O)Nc2cccc(C(=O)N[C@@H](C)c3ccccc3)c2)s1. The first-order valence-corrected chi connectivity index (χ1v) is 10.3. The highest BCUT2D eigenvalue weighted by molar-refractivity contribution is 7.13. The summed E-state index contributed by atoms with van der Waals surface area (Å²) in [6.07, 6.45) is 0.792. The van der Waals surface area contributed by atoms with E-state index in [-0.39, 0.29) is 17.9 Å². The number of benzene rings is 2. The van der Waals surface area contributed by atoms with Gasteiger partial charge in [-0.25, -0.2) is 0 Å². The second-order valence-corrected chi connectivity index (χ2v) is 8.30. The van der Waals surface area contributed by atoms with Crippen molar-refractivity contribution in [2.45, 2.75) is 33.2 Å². The van der Waals surface area contributed by atoms with E-state index >= 15 is 0 Å². The standard InChI is InChI=1S/C22H24N4O2S/c1-14(2)12-19-25-26-22(29-19)21(28)24-18-11-7-10-17(13-18)20(27)23-15(3)16-8-5-4-6-9-16/h4-11,13-15H,12H2,1-3H3,(H,23,27)(H,24,28)/t15-/m0/s1. The van der Waals surface area contributed by atoms with Crippen LogP contribution in [0.1, 0.15) is 57.5 Å². The molecule has 7 heteroatoms. The predicted octanol–water partition coefficient (Wildman–Crippen LogP) is 4.48. The van der Waals surface area contributed by atoms with Crippen molar-refractivity contribution in [1.29, 1.82) is 0 Å². The number of amides is 2. The van der Waals surface area contributed by atoms with Crippen molar-refractivity contribution < 1.29 is 9.59 Å². The van der Waals surface area contributed by atoms with Crippen molar-refractivity contribution in [3.63, 3.8) is 0 Å². The van der Waals surface area contributed by atoms with E-state index in [0.29, 0.717) is 22.2 Å². The van der Waals surface area contributed by atoms with Crippen molar-refractivity contribution >= 4 is 28.8 Å². The van der Waals surface area contributed by atoms with Crippen molar-refractivity contribution in [3.8, 4) is 0 Å². The van der Waals surface area contributed by atoms with Gasteiger partial charge >= 0.3 is 0 Å². The molecule has 0 saturated carbocycles. The van der Waals surface area contributed by atoms with Crippen LogP contribution < -0.4 is 10.6 Å². The third kappa shape index (κ3) is 5.71. The molecule has 1 aromatic heterocycles. The quantitative estimate of drug-likeness (QED) is 0.604. The Morgan fingerprint density at radius 1 is 0.966 bits per heavy atom. The summed E-state index contributed by atoms with van der Waals surface area (Å²) in [5.41, 5.74) is 2.04. The number of carbonyl (C=O) groups excluding carboxylic acids is 2. The van der Waals surface area contributed by atoms with E-state index in [0.717, 1.165) is 17.0 Å². The van der Waals surface area contributed by atoms with Crippen LogP contribution in [0.25, 0.3) is 0 Å². The van der Waals surface area contributed by atoms with Crippen molar-refractivity contribution in [3.05, 3.63) is 75.7 Å². The molecular formula is C22H24N4O2S. The van der Waals surface area contributed by atoms with Gasteiger partial charge in [-0.2, -0.15) is 0 Å². The fourth-order valence-corrected chi connectivity index (χ4v) is 3.75. The van der Waals surface area contributed by atoms with Crippen LogP contribution in [0.4, 0.5) is 5.69 Å². The van der Waals surface area contributed by atoms with E-state index in [1.807, 2.05) is 37.3 Å². The Labute approximate surface area is 174 Å². The number of hydrogen-bond donors (Lipinski definition) is 2. The lowest BCUT2D eigenvalue weighted by molar-refractivity contribution is 0.0938. The van der Waals surface area contributed by atoms with Gasteiger partial charge in [-0.1, -0.05) is 61.6 Å². The smallest absolute Gasteiger partial charge is 0.286 e. The van der Waals surface area contributed by atoms with Crippen LogP contribution in [0.15, 0.2) is 54.6 Å². The molecule has 3 rings (SSSR count). The van der Waals surface area contributed by atoms with Crippen LogP contribution in [-0.4, -0.2) is 22.0 Å².